The molecule has 0 unspecified atom stereocenters. The van der Waals surface area contributed by atoms with Crippen LogP contribution in [0.4, 0.5) is 0 Å². The summed E-state index contributed by atoms with van der Waals surface area (Å²) in [5.41, 5.74) is 4.87. The SMILES string of the molecule is CC(=O)N1CC[C@H](c2cc3nc(C)c(CCC(=O)NC(C)C)c(C)n3n2)C1. The number of rotatable bonds is 5. The highest BCUT2D eigenvalue weighted by atomic mass is 16.2. The number of carbonyl (C=O) groups excluding carboxylic acids is 2. The summed E-state index contributed by atoms with van der Waals surface area (Å²) in [6, 6.07) is 2.18. The molecule has 2 amide bonds. The van der Waals surface area contributed by atoms with Crippen molar-refractivity contribution < 1.29 is 9.59 Å². The van der Waals surface area contributed by atoms with Crippen LogP contribution in [0.2, 0.25) is 0 Å². The van der Waals surface area contributed by atoms with E-state index in [9.17, 15) is 9.59 Å². The van der Waals surface area contributed by atoms with Crippen LogP contribution in [0.5, 0.6) is 0 Å². The Balaban J connectivity index is 1.82. The van der Waals surface area contributed by atoms with Crippen molar-refractivity contribution in [3.05, 3.63) is 28.7 Å². The number of nitrogens with one attached hydrogen (secondary N) is 1. The van der Waals surface area contributed by atoms with Crippen molar-refractivity contribution in [3.63, 3.8) is 0 Å². The van der Waals surface area contributed by atoms with E-state index in [1.807, 2.05) is 43.2 Å². The maximum atomic E-state index is 12.0. The van der Waals surface area contributed by atoms with Gasteiger partial charge in [-0.3, -0.25) is 9.59 Å². The van der Waals surface area contributed by atoms with E-state index in [0.717, 1.165) is 47.8 Å². The Morgan fingerprint density at radius 3 is 2.70 bits per heavy atom. The number of hydrogen-bond donors (Lipinski definition) is 1. The van der Waals surface area contributed by atoms with E-state index in [4.69, 9.17) is 10.1 Å². The number of aromatic nitrogens is 3. The van der Waals surface area contributed by atoms with Gasteiger partial charge in [-0.2, -0.15) is 5.10 Å². The Labute approximate surface area is 160 Å². The molecule has 3 rings (SSSR count). The molecular formula is C20H29N5O2. The predicted octanol–water partition coefficient (Wildman–Crippen LogP) is 2.14. The zero-order valence-electron chi connectivity index (χ0n) is 16.9. The van der Waals surface area contributed by atoms with Gasteiger partial charge in [-0.05, 0) is 46.1 Å². The Morgan fingerprint density at radius 2 is 2.07 bits per heavy atom. The highest BCUT2D eigenvalue weighted by Gasteiger charge is 2.28. The smallest absolute Gasteiger partial charge is 0.220 e. The lowest BCUT2D eigenvalue weighted by Gasteiger charge is -2.13. The first-order chi connectivity index (χ1) is 12.8. The van der Waals surface area contributed by atoms with Crippen LogP contribution in [0.15, 0.2) is 6.07 Å². The fourth-order valence-electron chi connectivity index (χ4n) is 3.83. The molecule has 0 radical (unpaired) electrons. The van der Waals surface area contributed by atoms with Crippen LogP contribution < -0.4 is 5.32 Å². The molecule has 27 heavy (non-hydrogen) atoms. The Bertz CT molecular complexity index is 871. The van der Waals surface area contributed by atoms with Crippen LogP contribution in [-0.2, 0) is 16.0 Å². The molecule has 2 aromatic rings. The van der Waals surface area contributed by atoms with Crippen LogP contribution in [0.1, 0.15) is 62.2 Å². The number of nitrogens with zero attached hydrogens (tertiary/aromatic N) is 4. The number of aryl methyl sites for hydroxylation is 2. The summed E-state index contributed by atoms with van der Waals surface area (Å²) < 4.78 is 1.88. The van der Waals surface area contributed by atoms with Crippen molar-refractivity contribution in [2.75, 3.05) is 13.1 Å². The summed E-state index contributed by atoms with van der Waals surface area (Å²) in [5.74, 6) is 0.435. The molecule has 1 aliphatic rings. The molecule has 0 aliphatic carbocycles. The summed E-state index contributed by atoms with van der Waals surface area (Å²) in [5, 5.41) is 7.71. The van der Waals surface area contributed by atoms with E-state index >= 15 is 0 Å². The topological polar surface area (TPSA) is 79.6 Å². The van der Waals surface area contributed by atoms with Gasteiger partial charge in [0.15, 0.2) is 5.65 Å². The molecule has 0 spiro atoms. The standard InChI is InChI=1S/C20H29N5O2/c1-12(2)21-20(27)7-6-17-13(3)22-19-10-18(23-25(19)14(17)4)16-8-9-24(11-16)15(5)26/h10,12,16H,6-9,11H2,1-5H3,(H,21,27)/t16-/m0/s1. The lowest BCUT2D eigenvalue weighted by Crippen LogP contribution is -2.30. The molecule has 1 aliphatic heterocycles. The van der Waals surface area contributed by atoms with Gasteiger partial charge in [-0.15, -0.1) is 0 Å². The minimum absolute atomic E-state index is 0.0559. The van der Waals surface area contributed by atoms with E-state index in [-0.39, 0.29) is 23.8 Å². The van der Waals surface area contributed by atoms with Crippen LogP contribution >= 0.6 is 0 Å². The molecule has 7 nitrogen and oxygen atoms in total. The molecule has 0 saturated carbocycles. The minimum atomic E-state index is 0.0559. The monoisotopic (exact) mass is 371 g/mol. The molecule has 7 heteroatoms. The third-order valence-electron chi connectivity index (χ3n) is 5.29. The lowest BCUT2D eigenvalue weighted by atomic mass is 10.1. The Hall–Kier alpha value is -2.44. The van der Waals surface area contributed by atoms with Crippen LogP contribution in [0.25, 0.3) is 5.65 Å². The molecule has 1 N–H and O–H groups in total. The van der Waals surface area contributed by atoms with Gasteiger partial charge in [0.05, 0.1) is 5.69 Å². The zero-order valence-corrected chi connectivity index (χ0v) is 16.9. The van der Waals surface area contributed by atoms with Gasteiger partial charge in [0.1, 0.15) is 0 Å². The second-order valence-electron chi connectivity index (χ2n) is 7.77. The normalized spacial score (nSPS) is 17.1. The fraction of sp³-hybridized carbons (Fsp3) is 0.600. The first-order valence-electron chi connectivity index (χ1n) is 9.67. The van der Waals surface area contributed by atoms with Crippen molar-refractivity contribution in [1.82, 2.24) is 24.8 Å². The number of hydrogen-bond acceptors (Lipinski definition) is 4. The van der Waals surface area contributed by atoms with Gasteiger partial charge in [-0.25, -0.2) is 9.50 Å². The second kappa shape index (κ2) is 7.66. The fourth-order valence-corrected chi connectivity index (χ4v) is 3.83. The van der Waals surface area contributed by atoms with Crippen molar-refractivity contribution in [2.24, 2.45) is 0 Å². The van der Waals surface area contributed by atoms with Crippen LogP contribution in [0, 0.1) is 13.8 Å². The van der Waals surface area contributed by atoms with Gasteiger partial charge in [0.25, 0.3) is 0 Å². The Morgan fingerprint density at radius 1 is 1.33 bits per heavy atom. The molecule has 1 fully saturated rings. The summed E-state index contributed by atoms with van der Waals surface area (Å²) in [6.07, 6.45) is 2.02. The van der Waals surface area contributed by atoms with Gasteiger partial charge in [0, 0.05) is 55.8 Å². The molecular weight excluding hydrogens is 342 g/mol. The molecule has 146 valence electrons. The van der Waals surface area contributed by atoms with Crippen LogP contribution in [0.3, 0.4) is 0 Å². The highest BCUT2D eigenvalue weighted by molar-refractivity contribution is 5.76. The van der Waals surface area contributed by atoms with Crippen molar-refractivity contribution >= 4 is 17.5 Å². The summed E-state index contributed by atoms with van der Waals surface area (Å²) in [7, 11) is 0. The second-order valence-corrected chi connectivity index (χ2v) is 7.77. The van der Waals surface area contributed by atoms with Gasteiger partial charge >= 0.3 is 0 Å². The van der Waals surface area contributed by atoms with E-state index in [1.165, 1.54) is 0 Å². The van der Waals surface area contributed by atoms with E-state index < -0.39 is 0 Å². The highest BCUT2D eigenvalue weighted by Crippen LogP contribution is 2.28. The van der Waals surface area contributed by atoms with Gasteiger partial charge in [-0.1, -0.05) is 0 Å². The molecule has 0 bridgehead atoms. The third-order valence-corrected chi connectivity index (χ3v) is 5.29. The largest absolute Gasteiger partial charge is 0.354 e. The summed E-state index contributed by atoms with van der Waals surface area (Å²) >= 11 is 0. The maximum absolute atomic E-state index is 12.0. The number of amides is 2. The van der Waals surface area contributed by atoms with Crippen molar-refractivity contribution in [3.8, 4) is 0 Å². The average Bonchev–Trinajstić information content (AvgIpc) is 3.20. The minimum Gasteiger partial charge on any atom is -0.354 e. The maximum Gasteiger partial charge on any atom is 0.220 e. The molecule has 3 heterocycles. The lowest BCUT2D eigenvalue weighted by molar-refractivity contribution is -0.127. The molecule has 2 aromatic heterocycles. The molecule has 0 aromatic carbocycles. The zero-order chi connectivity index (χ0) is 19.7. The molecule has 1 saturated heterocycles. The summed E-state index contributed by atoms with van der Waals surface area (Å²) in [4.78, 5) is 30.2. The van der Waals surface area contributed by atoms with E-state index in [2.05, 4.69) is 5.32 Å². The molecule has 1 atom stereocenters. The number of carbonyl (C=O) groups is 2. The predicted molar refractivity (Wildman–Crippen MR) is 104 cm³/mol. The Kier molecular flexibility index (Phi) is 5.48. The first kappa shape index (κ1) is 19.3. The summed E-state index contributed by atoms with van der Waals surface area (Å²) in [6.45, 7) is 11.1. The van der Waals surface area contributed by atoms with Crippen LogP contribution in [-0.4, -0.2) is 50.4 Å². The average molecular weight is 371 g/mol. The van der Waals surface area contributed by atoms with Crippen molar-refractivity contribution in [1.29, 1.82) is 0 Å². The number of likely N-dealkylation sites (tertiary alicyclic amines) is 1. The van der Waals surface area contributed by atoms with Crippen molar-refractivity contribution in [2.45, 2.75) is 65.8 Å². The third kappa shape index (κ3) is 4.12. The van der Waals surface area contributed by atoms with E-state index in [0.29, 0.717) is 12.8 Å². The first-order valence-corrected chi connectivity index (χ1v) is 9.67. The van der Waals surface area contributed by atoms with Gasteiger partial charge < -0.3 is 10.2 Å². The van der Waals surface area contributed by atoms with Gasteiger partial charge in [0.2, 0.25) is 11.8 Å². The quantitative estimate of drug-likeness (QED) is 0.873. The van der Waals surface area contributed by atoms with E-state index in [1.54, 1.807) is 6.92 Å². The number of fused-ring (bicyclic) bond motifs is 1.